The number of nitrogen functional groups attached to an aromatic ring is 1. The van der Waals surface area contributed by atoms with Crippen LogP contribution in [0.4, 0.5) is 5.82 Å². The van der Waals surface area contributed by atoms with Crippen LogP contribution in [0.15, 0.2) is 36.7 Å². The number of carbonyl (C=O) groups excluding carboxylic acids is 1. The number of fused-ring (bicyclic) bond motifs is 1. The van der Waals surface area contributed by atoms with Crippen molar-refractivity contribution in [1.29, 1.82) is 0 Å². The molecule has 0 radical (unpaired) electrons. The quantitative estimate of drug-likeness (QED) is 0.634. The van der Waals surface area contributed by atoms with Crippen molar-refractivity contribution in [2.45, 2.75) is 12.8 Å². The van der Waals surface area contributed by atoms with Crippen LogP contribution in [0, 0.1) is 0 Å². The summed E-state index contributed by atoms with van der Waals surface area (Å²) in [4.78, 5) is 22.5. The van der Waals surface area contributed by atoms with Crippen LogP contribution in [0.1, 0.15) is 21.6 Å². The van der Waals surface area contributed by atoms with E-state index in [-0.39, 0.29) is 5.91 Å². The fourth-order valence-electron chi connectivity index (χ4n) is 2.57. The Morgan fingerprint density at radius 2 is 1.81 bits per heavy atom. The number of carbonyl (C=O) groups is 1. The molecule has 6 heteroatoms. The zero-order valence-electron chi connectivity index (χ0n) is 11.6. The van der Waals surface area contributed by atoms with Crippen molar-refractivity contribution in [1.82, 2.24) is 14.9 Å². The number of hydrogen-bond acceptors (Lipinski definition) is 5. The van der Waals surface area contributed by atoms with Crippen molar-refractivity contribution in [2.75, 3.05) is 18.5 Å². The van der Waals surface area contributed by atoms with E-state index in [4.69, 9.17) is 5.84 Å². The van der Waals surface area contributed by atoms with Crippen molar-refractivity contribution < 1.29 is 4.79 Å². The van der Waals surface area contributed by atoms with Gasteiger partial charge in [-0.25, -0.2) is 10.8 Å². The van der Waals surface area contributed by atoms with Crippen LogP contribution >= 0.6 is 0 Å². The van der Waals surface area contributed by atoms with Crippen molar-refractivity contribution in [2.24, 2.45) is 5.84 Å². The van der Waals surface area contributed by atoms with Gasteiger partial charge in [0.05, 0.1) is 12.4 Å². The second kappa shape index (κ2) is 5.88. The number of benzene rings is 1. The summed E-state index contributed by atoms with van der Waals surface area (Å²) in [6.07, 6.45) is 4.69. The second-order valence-corrected chi connectivity index (χ2v) is 4.99. The Kier molecular flexibility index (Phi) is 3.79. The summed E-state index contributed by atoms with van der Waals surface area (Å²) in [5.41, 5.74) is 5.36. The molecule has 0 aliphatic carbocycles. The molecule has 0 fully saturated rings. The van der Waals surface area contributed by atoms with Crippen molar-refractivity contribution in [3.63, 3.8) is 0 Å². The Labute approximate surface area is 123 Å². The van der Waals surface area contributed by atoms with Gasteiger partial charge in [-0.1, -0.05) is 24.3 Å². The van der Waals surface area contributed by atoms with Gasteiger partial charge in [0.25, 0.3) is 5.91 Å². The van der Waals surface area contributed by atoms with Gasteiger partial charge in [0.1, 0.15) is 5.69 Å². The average molecular weight is 283 g/mol. The van der Waals surface area contributed by atoms with Gasteiger partial charge in [-0.2, -0.15) is 0 Å². The highest BCUT2D eigenvalue weighted by molar-refractivity contribution is 5.92. The van der Waals surface area contributed by atoms with Crippen LogP contribution in [0.2, 0.25) is 0 Å². The molecule has 1 aliphatic rings. The third-order valence-corrected chi connectivity index (χ3v) is 3.71. The standard InChI is InChI=1S/C15H17N5O/c16-19-14-10-17-9-13(18-14)15(21)20-7-5-11-3-1-2-4-12(11)6-8-20/h1-4,9-10H,5-8,16H2,(H,18,19). The predicted molar refractivity (Wildman–Crippen MR) is 79.6 cm³/mol. The fraction of sp³-hybridized carbons (Fsp3) is 0.267. The molecule has 0 atom stereocenters. The lowest BCUT2D eigenvalue weighted by molar-refractivity contribution is 0.0757. The molecule has 3 rings (SSSR count). The van der Waals surface area contributed by atoms with Crippen LogP contribution < -0.4 is 11.3 Å². The number of nitrogens with two attached hydrogens (primary N) is 1. The van der Waals surface area contributed by atoms with Gasteiger partial charge in [-0.05, 0) is 24.0 Å². The number of anilines is 1. The molecule has 6 nitrogen and oxygen atoms in total. The van der Waals surface area contributed by atoms with Gasteiger partial charge in [0.15, 0.2) is 5.82 Å². The van der Waals surface area contributed by atoms with E-state index in [0.29, 0.717) is 24.6 Å². The smallest absolute Gasteiger partial charge is 0.274 e. The largest absolute Gasteiger partial charge is 0.337 e. The van der Waals surface area contributed by atoms with Crippen LogP contribution in [-0.2, 0) is 12.8 Å². The molecule has 1 aromatic heterocycles. The molecule has 21 heavy (non-hydrogen) atoms. The molecule has 0 bridgehead atoms. The Bertz CT molecular complexity index is 631. The lowest BCUT2D eigenvalue weighted by atomic mass is 10.0. The molecule has 0 saturated heterocycles. The summed E-state index contributed by atoms with van der Waals surface area (Å²) in [6.45, 7) is 1.38. The summed E-state index contributed by atoms with van der Waals surface area (Å²) in [5, 5.41) is 0. The highest BCUT2D eigenvalue weighted by Gasteiger charge is 2.20. The maximum Gasteiger partial charge on any atom is 0.274 e. The first kappa shape index (κ1) is 13.5. The van der Waals surface area contributed by atoms with E-state index in [1.165, 1.54) is 23.5 Å². The number of aromatic nitrogens is 2. The summed E-state index contributed by atoms with van der Waals surface area (Å²) in [6, 6.07) is 8.33. The molecule has 0 saturated carbocycles. The van der Waals surface area contributed by atoms with E-state index in [9.17, 15) is 4.79 Å². The number of nitrogens with one attached hydrogen (secondary N) is 1. The maximum atomic E-state index is 12.5. The Hall–Kier alpha value is -2.47. The molecule has 2 aromatic rings. The Morgan fingerprint density at radius 1 is 1.14 bits per heavy atom. The van der Waals surface area contributed by atoms with E-state index in [1.807, 2.05) is 17.0 Å². The third kappa shape index (κ3) is 2.85. The van der Waals surface area contributed by atoms with Crippen LogP contribution in [0.25, 0.3) is 0 Å². The summed E-state index contributed by atoms with van der Waals surface area (Å²) in [7, 11) is 0. The lowest BCUT2D eigenvalue weighted by Gasteiger charge is -2.19. The molecule has 108 valence electrons. The van der Waals surface area contributed by atoms with E-state index in [0.717, 1.165) is 12.8 Å². The van der Waals surface area contributed by atoms with E-state index < -0.39 is 0 Å². The molecule has 0 spiro atoms. The van der Waals surface area contributed by atoms with Crippen molar-refractivity contribution >= 4 is 11.7 Å². The zero-order chi connectivity index (χ0) is 14.7. The topological polar surface area (TPSA) is 84.1 Å². The van der Waals surface area contributed by atoms with Crippen LogP contribution in [0.5, 0.6) is 0 Å². The van der Waals surface area contributed by atoms with E-state index in [1.54, 1.807) is 0 Å². The SMILES string of the molecule is NNc1cncc(C(=O)N2CCc3ccccc3CC2)n1. The highest BCUT2D eigenvalue weighted by atomic mass is 16.2. The highest BCUT2D eigenvalue weighted by Crippen LogP contribution is 2.16. The number of rotatable bonds is 2. The second-order valence-electron chi connectivity index (χ2n) is 4.99. The normalized spacial score (nSPS) is 14.2. The summed E-state index contributed by atoms with van der Waals surface area (Å²) < 4.78 is 0. The monoisotopic (exact) mass is 283 g/mol. The van der Waals surface area contributed by atoms with Crippen LogP contribution in [-0.4, -0.2) is 33.9 Å². The molecule has 1 aromatic carbocycles. The predicted octanol–water partition coefficient (Wildman–Crippen LogP) is 1.00. The molecule has 2 heterocycles. The molecule has 1 aliphatic heterocycles. The fourth-order valence-corrected chi connectivity index (χ4v) is 2.57. The maximum absolute atomic E-state index is 12.5. The first-order valence-electron chi connectivity index (χ1n) is 6.92. The number of amides is 1. The van der Waals surface area contributed by atoms with Gasteiger partial charge in [0, 0.05) is 13.1 Å². The summed E-state index contributed by atoms with van der Waals surface area (Å²) in [5.74, 6) is 5.59. The van der Waals surface area contributed by atoms with Crippen LogP contribution in [0.3, 0.4) is 0 Å². The Morgan fingerprint density at radius 3 is 2.43 bits per heavy atom. The van der Waals surface area contributed by atoms with Gasteiger partial charge in [-0.15, -0.1) is 0 Å². The van der Waals surface area contributed by atoms with Gasteiger partial charge in [-0.3, -0.25) is 9.78 Å². The lowest BCUT2D eigenvalue weighted by Crippen LogP contribution is -2.34. The molecule has 3 N–H and O–H groups in total. The first-order chi connectivity index (χ1) is 10.3. The minimum absolute atomic E-state index is 0.104. The third-order valence-electron chi connectivity index (χ3n) is 3.71. The molecular weight excluding hydrogens is 266 g/mol. The van der Waals surface area contributed by atoms with Gasteiger partial charge < -0.3 is 10.3 Å². The Balaban J connectivity index is 1.77. The average Bonchev–Trinajstić information content (AvgIpc) is 2.77. The molecule has 1 amide bonds. The zero-order valence-corrected chi connectivity index (χ0v) is 11.6. The van der Waals surface area contributed by atoms with E-state index >= 15 is 0 Å². The summed E-state index contributed by atoms with van der Waals surface area (Å²) >= 11 is 0. The minimum Gasteiger partial charge on any atom is -0.337 e. The van der Waals surface area contributed by atoms with Crippen molar-refractivity contribution in [3.8, 4) is 0 Å². The van der Waals surface area contributed by atoms with Gasteiger partial charge in [0.2, 0.25) is 0 Å². The first-order valence-corrected chi connectivity index (χ1v) is 6.92. The van der Waals surface area contributed by atoms with Gasteiger partial charge >= 0.3 is 0 Å². The molecule has 0 unspecified atom stereocenters. The number of hydrogen-bond donors (Lipinski definition) is 2. The molecular formula is C15H17N5O. The number of hydrazine groups is 1. The van der Waals surface area contributed by atoms with E-state index in [2.05, 4.69) is 27.5 Å². The minimum atomic E-state index is -0.104. The van der Waals surface area contributed by atoms with Crippen molar-refractivity contribution in [3.05, 3.63) is 53.5 Å². The number of nitrogens with zero attached hydrogens (tertiary/aromatic N) is 3.